The molecule has 0 aromatic carbocycles. The second-order valence-electron chi connectivity index (χ2n) is 3.44. The van der Waals surface area contributed by atoms with Gasteiger partial charge >= 0.3 is 0 Å². The number of hydrogen-bond acceptors (Lipinski definition) is 2. The first-order valence-electron chi connectivity index (χ1n) is 4.63. The van der Waals surface area contributed by atoms with Crippen LogP contribution in [0.3, 0.4) is 0 Å². The summed E-state index contributed by atoms with van der Waals surface area (Å²) in [7, 11) is 0. The summed E-state index contributed by atoms with van der Waals surface area (Å²) in [6.45, 7) is 0. The zero-order valence-corrected chi connectivity index (χ0v) is 8.36. The zero-order valence-electron chi connectivity index (χ0n) is 7.55. The Morgan fingerprint density at radius 2 is 2.23 bits per heavy atom. The van der Waals surface area contributed by atoms with Gasteiger partial charge in [-0.1, -0.05) is 5.92 Å². The van der Waals surface area contributed by atoms with Crippen molar-refractivity contribution in [2.24, 2.45) is 5.73 Å². The van der Waals surface area contributed by atoms with Crippen molar-refractivity contribution in [2.45, 2.75) is 31.7 Å². The number of terminal acetylenes is 1. The molecular weight excluding hydrogens is 178 g/mol. The minimum absolute atomic E-state index is 0.196. The van der Waals surface area contributed by atoms with Crippen LogP contribution in [0.1, 0.15) is 34.9 Å². The molecule has 1 nitrogen and oxygen atoms in total. The van der Waals surface area contributed by atoms with E-state index in [2.05, 4.69) is 11.3 Å². The van der Waals surface area contributed by atoms with Gasteiger partial charge in [-0.05, 0) is 42.2 Å². The second kappa shape index (κ2) is 3.53. The standard InChI is InChI=1S/C11H13NS/c1-2-10(12)9-7-13-11-6-4-3-5-8(9)11/h1,7,10H,3-6,12H2. The van der Waals surface area contributed by atoms with E-state index in [0.717, 1.165) is 0 Å². The van der Waals surface area contributed by atoms with Gasteiger partial charge in [0.05, 0.1) is 6.04 Å². The van der Waals surface area contributed by atoms with Crippen molar-refractivity contribution in [3.05, 3.63) is 21.4 Å². The van der Waals surface area contributed by atoms with Crippen molar-refractivity contribution in [2.75, 3.05) is 0 Å². The lowest BCUT2D eigenvalue weighted by atomic mass is 9.93. The Kier molecular flexibility index (Phi) is 2.39. The minimum atomic E-state index is -0.196. The molecule has 0 aliphatic heterocycles. The van der Waals surface area contributed by atoms with E-state index in [9.17, 15) is 0 Å². The van der Waals surface area contributed by atoms with Gasteiger partial charge in [0.2, 0.25) is 0 Å². The summed E-state index contributed by atoms with van der Waals surface area (Å²) in [5, 5.41) is 2.14. The molecule has 0 saturated heterocycles. The number of aryl methyl sites for hydroxylation is 1. The van der Waals surface area contributed by atoms with Crippen LogP contribution in [-0.4, -0.2) is 0 Å². The summed E-state index contributed by atoms with van der Waals surface area (Å²) in [6.07, 6.45) is 10.3. The summed E-state index contributed by atoms with van der Waals surface area (Å²) in [5.74, 6) is 2.60. The van der Waals surface area contributed by atoms with Gasteiger partial charge in [0.1, 0.15) is 0 Å². The van der Waals surface area contributed by atoms with Gasteiger partial charge in [0, 0.05) is 4.88 Å². The molecule has 0 bridgehead atoms. The Morgan fingerprint density at radius 1 is 1.46 bits per heavy atom. The van der Waals surface area contributed by atoms with E-state index >= 15 is 0 Å². The van der Waals surface area contributed by atoms with Crippen LogP contribution in [0, 0.1) is 12.3 Å². The molecule has 1 atom stereocenters. The van der Waals surface area contributed by atoms with Gasteiger partial charge in [-0.3, -0.25) is 0 Å². The fraction of sp³-hybridized carbons (Fsp3) is 0.455. The van der Waals surface area contributed by atoms with E-state index in [4.69, 9.17) is 12.2 Å². The smallest absolute Gasteiger partial charge is 0.0929 e. The van der Waals surface area contributed by atoms with E-state index in [1.54, 1.807) is 0 Å². The molecule has 1 heterocycles. The average molecular weight is 191 g/mol. The summed E-state index contributed by atoms with van der Waals surface area (Å²) in [5.41, 5.74) is 8.48. The number of hydrogen-bond donors (Lipinski definition) is 1. The Balaban J connectivity index is 2.38. The monoisotopic (exact) mass is 191 g/mol. The first-order valence-corrected chi connectivity index (χ1v) is 5.51. The van der Waals surface area contributed by atoms with Gasteiger partial charge in [0.15, 0.2) is 0 Å². The highest BCUT2D eigenvalue weighted by Gasteiger charge is 2.17. The molecule has 0 radical (unpaired) electrons. The van der Waals surface area contributed by atoms with Crippen LogP contribution in [0.4, 0.5) is 0 Å². The number of nitrogens with two attached hydrogens (primary N) is 1. The molecule has 1 unspecified atom stereocenters. The summed E-state index contributed by atoms with van der Waals surface area (Å²) in [6, 6.07) is -0.196. The number of rotatable bonds is 1. The SMILES string of the molecule is C#CC(N)c1csc2c1CCCC2. The molecule has 1 aliphatic rings. The zero-order chi connectivity index (χ0) is 9.26. The molecule has 2 N–H and O–H groups in total. The van der Waals surface area contributed by atoms with Crippen molar-refractivity contribution in [1.82, 2.24) is 0 Å². The Bertz CT molecular complexity index is 345. The fourth-order valence-electron chi connectivity index (χ4n) is 1.87. The van der Waals surface area contributed by atoms with E-state index in [1.165, 1.54) is 41.7 Å². The Labute approximate surface area is 83.0 Å². The third-order valence-electron chi connectivity index (χ3n) is 2.61. The summed E-state index contributed by atoms with van der Waals surface area (Å²) in [4.78, 5) is 1.51. The molecule has 0 spiro atoms. The maximum Gasteiger partial charge on any atom is 0.0929 e. The Morgan fingerprint density at radius 3 is 3.00 bits per heavy atom. The van der Waals surface area contributed by atoms with Crippen molar-refractivity contribution in [1.29, 1.82) is 0 Å². The van der Waals surface area contributed by atoms with E-state index < -0.39 is 0 Å². The lowest BCUT2D eigenvalue weighted by molar-refractivity contribution is 0.687. The molecule has 13 heavy (non-hydrogen) atoms. The maximum atomic E-state index is 5.83. The molecular formula is C11H13NS. The van der Waals surface area contributed by atoms with E-state index in [-0.39, 0.29) is 6.04 Å². The molecule has 68 valence electrons. The number of thiophene rings is 1. The molecule has 1 aromatic rings. The highest BCUT2D eigenvalue weighted by atomic mass is 32.1. The molecule has 1 aliphatic carbocycles. The van der Waals surface area contributed by atoms with Crippen molar-refractivity contribution in [3.63, 3.8) is 0 Å². The van der Waals surface area contributed by atoms with Crippen LogP contribution in [0.15, 0.2) is 5.38 Å². The van der Waals surface area contributed by atoms with Gasteiger partial charge < -0.3 is 5.73 Å². The molecule has 2 heteroatoms. The lowest BCUT2D eigenvalue weighted by Crippen LogP contribution is -2.10. The third kappa shape index (κ3) is 1.50. The lowest BCUT2D eigenvalue weighted by Gasteiger charge is -2.13. The van der Waals surface area contributed by atoms with Crippen molar-refractivity contribution in [3.8, 4) is 12.3 Å². The van der Waals surface area contributed by atoms with Gasteiger partial charge in [0.25, 0.3) is 0 Å². The largest absolute Gasteiger partial charge is 0.314 e. The third-order valence-corrected chi connectivity index (χ3v) is 3.72. The average Bonchev–Trinajstić information content (AvgIpc) is 2.60. The molecule has 1 aromatic heterocycles. The van der Waals surface area contributed by atoms with Gasteiger partial charge in [-0.15, -0.1) is 17.8 Å². The van der Waals surface area contributed by atoms with Crippen LogP contribution in [0.2, 0.25) is 0 Å². The van der Waals surface area contributed by atoms with Gasteiger partial charge in [-0.2, -0.15) is 0 Å². The quantitative estimate of drug-likeness (QED) is 0.677. The van der Waals surface area contributed by atoms with Crippen LogP contribution in [0.5, 0.6) is 0 Å². The van der Waals surface area contributed by atoms with Crippen LogP contribution >= 0.6 is 11.3 Å². The highest BCUT2D eigenvalue weighted by molar-refractivity contribution is 7.10. The normalized spacial score (nSPS) is 17.5. The predicted molar refractivity (Wildman–Crippen MR) is 56.7 cm³/mol. The highest BCUT2D eigenvalue weighted by Crippen LogP contribution is 2.32. The minimum Gasteiger partial charge on any atom is -0.314 e. The summed E-state index contributed by atoms with van der Waals surface area (Å²) >= 11 is 1.82. The molecule has 0 amide bonds. The topological polar surface area (TPSA) is 26.0 Å². The van der Waals surface area contributed by atoms with Crippen molar-refractivity contribution >= 4 is 11.3 Å². The number of fused-ring (bicyclic) bond motifs is 1. The molecule has 0 saturated carbocycles. The first-order chi connectivity index (χ1) is 6.33. The van der Waals surface area contributed by atoms with E-state index in [0.29, 0.717) is 0 Å². The van der Waals surface area contributed by atoms with E-state index in [1.807, 2.05) is 11.3 Å². The van der Waals surface area contributed by atoms with Crippen molar-refractivity contribution < 1.29 is 0 Å². The first kappa shape index (κ1) is 8.80. The van der Waals surface area contributed by atoms with Crippen LogP contribution in [-0.2, 0) is 12.8 Å². The maximum absolute atomic E-state index is 5.83. The second-order valence-corrected chi connectivity index (χ2v) is 4.41. The Hall–Kier alpha value is -0.780. The fourth-order valence-corrected chi connectivity index (χ4v) is 3.05. The molecule has 0 fully saturated rings. The van der Waals surface area contributed by atoms with Crippen LogP contribution in [0.25, 0.3) is 0 Å². The van der Waals surface area contributed by atoms with Gasteiger partial charge in [-0.25, -0.2) is 0 Å². The predicted octanol–water partition coefficient (Wildman–Crippen LogP) is 2.26. The molecule has 2 rings (SSSR count). The van der Waals surface area contributed by atoms with Crippen LogP contribution < -0.4 is 5.73 Å². The summed E-state index contributed by atoms with van der Waals surface area (Å²) < 4.78 is 0.